The summed E-state index contributed by atoms with van der Waals surface area (Å²) in [4.78, 5) is 8.81. The fraction of sp³-hybridized carbons (Fsp3) is 0.429. The van der Waals surface area contributed by atoms with Crippen LogP contribution >= 0.6 is 11.3 Å². The molecule has 0 radical (unpaired) electrons. The second-order valence-electron chi connectivity index (χ2n) is 4.72. The fourth-order valence-electron chi connectivity index (χ4n) is 1.99. The van der Waals surface area contributed by atoms with Crippen LogP contribution in [0.5, 0.6) is 0 Å². The van der Waals surface area contributed by atoms with E-state index in [1.807, 2.05) is 31.6 Å². The molecule has 0 bridgehead atoms. The van der Waals surface area contributed by atoms with E-state index in [0.29, 0.717) is 11.8 Å². The van der Waals surface area contributed by atoms with Crippen molar-refractivity contribution in [1.82, 2.24) is 15.3 Å². The van der Waals surface area contributed by atoms with Crippen LogP contribution in [0.4, 0.5) is 0 Å². The second kappa shape index (κ2) is 6.07. The van der Waals surface area contributed by atoms with Gasteiger partial charge in [-0.15, -0.1) is 11.3 Å². The minimum absolute atomic E-state index is 0.474. The van der Waals surface area contributed by atoms with Crippen LogP contribution in [0.2, 0.25) is 0 Å². The largest absolute Gasteiger partial charge is 0.319 e. The predicted molar refractivity (Wildman–Crippen MR) is 76.9 cm³/mol. The van der Waals surface area contributed by atoms with Gasteiger partial charge in [-0.05, 0) is 25.1 Å². The Balaban J connectivity index is 2.24. The number of nitrogens with one attached hydrogen (secondary N) is 1. The molecule has 0 spiro atoms. The monoisotopic (exact) mass is 261 g/mol. The summed E-state index contributed by atoms with van der Waals surface area (Å²) >= 11 is 1.71. The number of pyridine rings is 1. The average molecular weight is 261 g/mol. The Morgan fingerprint density at radius 2 is 2.00 bits per heavy atom. The third-order valence-electron chi connectivity index (χ3n) is 3.06. The Morgan fingerprint density at radius 1 is 1.28 bits per heavy atom. The molecule has 0 amide bonds. The molecule has 0 aromatic carbocycles. The van der Waals surface area contributed by atoms with E-state index in [2.05, 4.69) is 29.5 Å². The van der Waals surface area contributed by atoms with Gasteiger partial charge in [-0.25, -0.2) is 4.98 Å². The molecule has 1 atom stereocenters. The van der Waals surface area contributed by atoms with Crippen molar-refractivity contribution in [2.75, 3.05) is 13.6 Å². The molecule has 0 saturated heterocycles. The number of aromatic nitrogens is 2. The van der Waals surface area contributed by atoms with E-state index in [-0.39, 0.29) is 0 Å². The van der Waals surface area contributed by atoms with Gasteiger partial charge in [-0.2, -0.15) is 0 Å². The maximum absolute atomic E-state index is 4.77. The minimum Gasteiger partial charge on any atom is -0.319 e. The molecule has 0 aliphatic carbocycles. The molecule has 0 saturated carbocycles. The zero-order valence-electron chi connectivity index (χ0n) is 11.1. The number of hydrogen-bond acceptors (Lipinski definition) is 4. The lowest BCUT2D eigenvalue weighted by atomic mass is 9.93. The van der Waals surface area contributed by atoms with Crippen molar-refractivity contribution in [3.63, 3.8) is 0 Å². The first kappa shape index (κ1) is 13.2. The summed E-state index contributed by atoms with van der Waals surface area (Å²) in [7, 11) is 1.99. The topological polar surface area (TPSA) is 37.8 Å². The Kier molecular flexibility index (Phi) is 4.44. The Morgan fingerprint density at radius 3 is 2.61 bits per heavy atom. The maximum atomic E-state index is 4.77. The number of rotatable bonds is 5. The SMILES string of the molecule is CNCC(c1csc(-c2ccncc2)n1)C(C)C. The van der Waals surface area contributed by atoms with Crippen molar-refractivity contribution in [1.29, 1.82) is 0 Å². The smallest absolute Gasteiger partial charge is 0.123 e. The van der Waals surface area contributed by atoms with Crippen LogP contribution in [0.25, 0.3) is 10.6 Å². The third kappa shape index (κ3) is 2.94. The van der Waals surface area contributed by atoms with Crippen LogP contribution in [-0.4, -0.2) is 23.6 Å². The van der Waals surface area contributed by atoms with Gasteiger partial charge < -0.3 is 5.32 Å². The predicted octanol–water partition coefficient (Wildman–Crippen LogP) is 3.16. The van der Waals surface area contributed by atoms with E-state index in [4.69, 9.17) is 4.98 Å². The lowest BCUT2D eigenvalue weighted by Crippen LogP contribution is -2.21. The summed E-state index contributed by atoms with van der Waals surface area (Å²) < 4.78 is 0. The van der Waals surface area contributed by atoms with Gasteiger partial charge in [-0.1, -0.05) is 13.8 Å². The molecule has 4 heteroatoms. The summed E-state index contributed by atoms with van der Waals surface area (Å²) in [6, 6.07) is 4.01. The highest BCUT2D eigenvalue weighted by Crippen LogP contribution is 2.29. The first-order chi connectivity index (χ1) is 8.72. The average Bonchev–Trinajstić information content (AvgIpc) is 2.86. The molecule has 96 valence electrons. The first-order valence-corrected chi connectivity index (χ1v) is 7.10. The number of thiazole rings is 1. The highest BCUT2D eigenvalue weighted by Gasteiger charge is 2.18. The standard InChI is InChI=1S/C14H19N3S/c1-10(2)12(8-15-3)13-9-18-14(17-13)11-4-6-16-7-5-11/h4-7,9-10,12,15H,8H2,1-3H3. The molecule has 0 aliphatic heterocycles. The second-order valence-corrected chi connectivity index (χ2v) is 5.58. The van der Waals surface area contributed by atoms with Gasteiger partial charge in [0.2, 0.25) is 0 Å². The minimum atomic E-state index is 0.474. The Hall–Kier alpha value is -1.26. The van der Waals surface area contributed by atoms with Crippen molar-refractivity contribution in [2.45, 2.75) is 19.8 Å². The zero-order chi connectivity index (χ0) is 13.0. The van der Waals surface area contributed by atoms with E-state index < -0.39 is 0 Å². The van der Waals surface area contributed by atoms with Gasteiger partial charge in [0.15, 0.2) is 0 Å². The molecule has 0 fully saturated rings. The van der Waals surface area contributed by atoms with Crippen molar-refractivity contribution in [3.8, 4) is 10.6 Å². The lowest BCUT2D eigenvalue weighted by Gasteiger charge is -2.18. The van der Waals surface area contributed by atoms with Gasteiger partial charge >= 0.3 is 0 Å². The number of likely N-dealkylation sites (N-methyl/N-ethyl adjacent to an activating group) is 1. The zero-order valence-corrected chi connectivity index (χ0v) is 11.9. The van der Waals surface area contributed by atoms with E-state index in [1.165, 1.54) is 5.69 Å². The van der Waals surface area contributed by atoms with Crippen LogP contribution in [0, 0.1) is 5.92 Å². The maximum Gasteiger partial charge on any atom is 0.123 e. The van der Waals surface area contributed by atoms with E-state index in [0.717, 1.165) is 17.1 Å². The molecule has 0 aliphatic rings. The van der Waals surface area contributed by atoms with Gasteiger partial charge in [0.25, 0.3) is 0 Å². The quantitative estimate of drug-likeness (QED) is 0.898. The molecule has 1 unspecified atom stereocenters. The van der Waals surface area contributed by atoms with Crippen LogP contribution in [0.3, 0.4) is 0 Å². The highest BCUT2D eigenvalue weighted by molar-refractivity contribution is 7.13. The first-order valence-electron chi connectivity index (χ1n) is 6.22. The number of hydrogen-bond donors (Lipinski definition) is 1. The summed E-state index contributed by atoms with van der Waals surface area (Å²) in [6.45, 7) is 5.46. The van der Waals surface area contributed by atoms with Crippen LogP contribution in [-0.2, 0) is 0 Å². The Labute approximate surface area is 112 Å². The van der Waals surface area contributed by atoms with E-state index in [1.54, 1.807) is 11.3 Å². The molecule has 2 aromatic rings. The van der Waals surface area contributed by atoms with Crippen LogP contribution in [0.15, 0.2) is 29.9 Å². The lowest BCUT2D eigenvalue weighted by molar-refractivity contribution is 0.471. The molecular formula is C14H19N3S. The normalized spacial score (nSPS) is 12.9. The van der Waals surface area contributed by atoms with Crippen molar-refractivity contribution < 1.29 is 0 Å². The molecule has 3 nitrogen and oxygen atoms in total. The summed E-state index contributed by atoms with van der Waals surface area (Å²) in [5.74, 6) is 1.06. The van der Waals surface area contributed by atoms with Crippen molar-refractivity contribution in [2.24, 2.45) is 5.92 Å². The van der Waals surface area contributed by atoms with Crippen molar-refractivity contribution >= 4 is 11.3 Å². The van der Waals surface area contributed by atoms with Gasteiger partial charge in [0.05, 0.1) is 5.69 Å². The fourth-order valence-corrected chi connectivity index (χ4v) is 2.88. The molecule has 2 heterocycles. The summed E-state index contributed by atoms with van der Waals surface area (Å²) in [6.07, 6.45) is 3.62. The molecule has 2 rings (SSSR count). The number of nitrogens with zero attached hydrogens (tertiary/aromatic N) is 2. The molecule has 2 aromatic heterocycles. The van der Waals surface area contributed by atoms with E-state index >= 15 is 0 Å². The molecule has 1 N–H and O–H groups in total. The van der Waals surface area contributed by atoms with Gasteiger partial charge in [-0.3, -0.25) is 4.98 Å². The van der Waals surface area contributed by atoms with Gasteiger partial charge in [0.1, 0.15) is 5.01 Å². The Bertz CT molecular complexity index is 479. The summed E-state index contributed by atoms with van der Waals surface area (Å²) in [5, 5.41) is 6.51. The molecule has 18 heavy (non-hydrogen) atoms. The van der Waals surface area contributed by atoms with E-state index in [9.17, 15) is 0 Å². The third-order valence-corrected chi connectivity index (χ3v) is 3.97. The highest BCUT2D eigenvalue weighted by atomic mass is 32.1. The van der Waals surface area contributed by atoms with Crippen LogP contribution < -0.4 is 5.32 Å². The van der Waals surface area contributed by atoms with Gasteiger partial charge in [0, 0.05) is 35.8 Å². The summed E-state index contributed by atoms with van der Waals surface area (Å²) in [5.41, 5.74) is 2.34. The van der Waals surface area contributed by atoms with Crippen LogP contribution in [0.1, 0.15) is 25.5 Å². The molecular weight excluding hydrogens is 242 g/mol. The van der Waals surface area contributed by atoms with Crippen molar-refractivity contribution in [3.05, 3.63) is 35.6 Å².